The van der Waals surface area contributed by atoms with Gasteiger partial charge < -0.3 is 0 Å². The number of nitrogens with zero attached hydrogens (tertiary/aromatic N) is 3. The quantitative estimate of drug-likeness (QED) is 0.500. The summed E-state index contributed by atoms with van der Waals surface area (Å²) in [6.07, 6.45) is 7.25. The van der Waals surface area contributed by atoms with Gasteiger partial charge in [0.2, 0.25) is 0 Å². The van der Waals surface area contributed by atoms with E-state index in [4.69, 9.17) is 5.26 Å². The molecule has 1 heterocycles. The van der Waals surface area contributed by atoms with Crippen molar-refractivity contribution in [3.05, 3.63) is 23.8 Å². The molecular weight excluding hydrogens is 138 g/mol. The Bertz CT molecular complexity index is 339. The van der Waals surface area contributed by atoms with E-state index in [1.165, 1.54) is 0 Å². The van der Waals surface area contributed by atoms with Gasteiger partial charge in [-0.1, -0.05) is 18.2 Å². The van der Waals surface area contributed by atoms with Crippen molar-refractivity contribution in [2.24, 2.45) is 16.1 Å². The van der Waals surface area contributed by atoms with Crippen LogP contribution in [0.15, 0.2) is 34.0 Å². The Hall–Kier alpha value is -1.69. The fourth-order valence-electron chi connectivity index (χ4n) is 1.11. The van der Waals surface area contributed by atoms with Crippen LogP contribution in [0.4, 0.5) is 0 Å². The monoisotopic (exact) mass is 143 g/mol. The van der Waals surface area contributed by atoms with Crippen LogP contribution in [0.25, 0.3) is 0 Å². The highest BCUT2D eigenvalue weighted by atomic mass is 15.2. The third-order valence-electron chi connectivity index (χ3n) is 1.67. The van der Waals surface area contributed by atoms with E-state index in [0.29, 0.717) is 0 Å². The zero-order valence-corrected chi connectivity index (χ0v) is 5.73. The molecule has 11 heavy (non-hydrogen) atoms. The smallest absolute Gasteiger partial charge is 0.109 e. The standard InChI is InChI=1S/C8H5N3/c9-4-6-2-1-3-7-5-10-11-8(6)7/h1-3,5-6H/t6-/m0/s1. The van der Waals surface area contributed by atoms with Crippen molar-refractivity contribution >= 4 is 11.9 Å². The minimum atomic E-state index is -0.211. The molecule has 0 saturated heterocycles. The maximum Gasteiger partial charge on any atom is 0.109 e. The molecule has 0 amide bonds. The minimum absolute atomic E-state index is 0.211. The highest BCUT2D eigenvalue weighted by Crippen LogP contribution is 2.17. The number of nitriles is 1. The Morgan fingerprint density at radius 2 is 2.45 bits per heavy atom. The van der Waals surface area contributed by atoms with Gasteiger partial charge in [-0.2, -0.15) is 15.5 Å². The van der Waals surface area contributed by atoms with E-state index in [0.717, 1.165) is 11.3 Å². The highest BCUT2D eigenvalue weighted by Gasteiger charge is 2.20. The molecule has 0 aromatic carbocycles. The summed E-state index contributed by atoms with van der Waals surface area (Å²) in [5.74, 6) is -0.211. The van der Waals surface area contributed by atoms with E-state index in [1.807, 2.05) is 18.2 Å². The predicted octanol–water partition coefficient (Wildman–Crippen LogP) is 1.06. The third kappa shape index (κ3) is 0.802. The van der Waals surface area contributed by atoms with Crippen LogP contribution in [0, 0.1) is 17.2 Å². The Balaban J connectivity index is 2.44. The van der Waals surface area contributed by atoms with Gasteiger partial charge in [0.25, 0.3) is 0 Å². The van der Waals surface area contributed by atoms with Gasteiger partial charge in [-0.15, -0.1) is 0 Å². The van der Waals surface area contributed by atoms with Crippen LogP contribution >= 0.6 is 0 Å². The van der Waals surface area contributed by atoms with Gasteiger partial charge in [-0.05, 0) is 0 Å². The number of allylic oxidation sites excluding steroid dienone is 4. The zero-order valence-electron chi connectivity index (χ0n) is 5.73. The Morgan fingerprint density at radius 3 is 3.27 bits per heavy atom. The fourth-order valence-corrected chi connectivity index (χ4v) is 1.11. The van der Waals surface area contributed by atoms with Crippen LogP contribution < -0.4 is 0 Å². The van der Waals surface area contributed by atoms with Gasteiger partial charge in [-0.25, -0.2) is 0 Å². The molecule has 1 aliphatic heterocycles. The van der Waals surface area contributed by atoms with E-state index in [2.05, 4.69) is 16.3 Å². The first kappa shape index (κ1) is 6.05. The van der Waals surface area contributed by atoms with E-state index in [9.17, 15) is 0 Å². The SMILES string of the molecule is N#C[C@@H]1C=CC=C2C=NN=C21. The van der Waals surface area contributed by atoms with Gasteiger partial charge in [0.1, 0.15) is 5.92 Å². The molecule has 2 rings (SSSR count). The molecule has 0 aromatic heterocycles. The Kier molecular flexibility index (Phi) is 1.19. The molecule has 0 aromatic rings. The molecule has 1 aliphatic carbocycles. The first-order valence-electron chi connectivity index (χ1n) is 3.31. The third-order valence-corrected chi connectivity index (χ3v) is 1.67. The fraction of sp³-hybridized carbons (Fsp3) is 0.125. The average Bonchev–Trinajstić information content (AvgIpc) is 2.50. The maximum atomic E-state index is 8.67. The maximum absolute atomic E-state index is 8.67. The minimum Gasteiger partial charge on any atom is -0.197 e. The van der Waals surface area contributed by atoms with Crippen molar-refractivity contribution in [3.63, 3.8) is 0 Å². The van der Waals surface area contributed by atoms with Crippen LogP contribution in [-0.4, -0.2) is 11.9 Å². The molecule has 3 heteroatoms. The Labute approximate surface area is 64.1 Å². The molecule has 52 valence electrons. The van der Waals surface area contributed by atoms with Crippen molar-refractivity contribution < 1.29 is 0 Å². The molecule has 0 saturated carbocycles. The van der Waals surface area contributed by atoms with E-state index in [-0.39, 0.29) is 5.92 Å². The number of hydrogen-bond donors (Lipinski definition) is 0. The van der Waals surface area contributed by atoms with Crippen LogP contribution in [0.3, 0.4) is 0 Å². The Morgan fingerprint density at radius 1 is 1.55 bits per heavy atom. The lowest BCUT2D eigenvalue weighted by atomic mass is 9.94. The molecule has 0 fully saturated rings. The zero-order chi connectivity index (χ0) is 7.68. The number of hydrogen-bond acceptors (Lipinski definition) is 3. The second-order valence-electron chi connectivity index (χ2n) is 2.34. The molecule has 1 atom stereocenters. The molecule has 0 bridgehead atoms. The molecule has 2 aliphatic rings. The average molecular weight is 143 g/mol. The largest absolute Gasteiger partial charge is 0.197 e. The predicted molar refractivity (Wildman–Crippen MR) is 42.3 cm³/mol. The van der Waals surface area contributed by atoms with Gasteiger partial charge in [0, 0.05) is 5.57 Å². The van der Waals surface area contributed by atoms with Crippen LogP contribution in [0.2, 0.25) is 0 Å². The summed E-state index contributed by atoms with van der Waals surface area (Å²) in [5.41, 5.74) is 1.73. The lowest BCUT2D eigenvalue weighted by Crippen LogP contribution is -2.13. The van der Waals surface area contributed by atoms with Crippen LogP contribution in [0.1, 0.15) is 0 Å². The first-order valence-corrected chi connectivity index (χ1v) is 3.31. The normalized spacial score (nSPS) is 25.5. The summed E-state index contributed by atoms with van der Waals surface area (Å²) in [6.45, 7) is 0. The summed E-state index contributed by atoms with van der Waals surface area (Å²) < 4.78 is 0. The van der Waals surface area contributed by atoms with Gasteiger partial charge >= 0.3 is 0 Å². The lowest BCUT2D eigenvalue weighted by molar-refractivity contribution is 1.11. The van der Waals surface area contributed by atoms with Crippen molar-refractivity contribution in [2.75, 3.05) is 0 Å². The van der Waals surface area contributed by atoms with Crippen LogP contribution in [0.5, 0.6) is 0 Å². The van der Waals surface area contributed by atoms with Gasteiger partial charge in [0.15, 0.2) is 0 Å². The second kappa shape index (κ2) is 2.17. The van der Waals surface area contributed by atoms with Gasteiger partial charge in [-0.3, -0.25) is 0 Å². The summed E-state index contributed by atoms with van der Waals surface area (Å²) >= 11 is 0. The molecular formula is C8H5N3. The van der Waals surface area contributed by atoms with E-state index >= 15 is 0 Å². The van der Waals surface area contributed by atoms with Crippen molar-refractivity contribution in [1.29, 1.82) is 5.26 Å². The lowest BCUT2D eigenvalue weighted by Gasteiger charge is -2.06. The summed E-state index contributed by atoms with van der Waals surface area (Å²) in [6, 6.07) is 2.14. The first-order chi connectivity index (χ1) is 5.42. The molecule has 0 N–H and O–H groups in total. The molecule has 0 unspecified atom stereocenters. The number of rotatable bonds is 0. The number of fused-ring (bicyclic) bond motifs is 1. The second-order valence-corrected chi connectivity index (χ2v) is 2.34. The van der Waals surface area contributed by atoms with E-state index < -0.39 is 0 Å². The summed E-state index contributed by atoms with van der Waals surface area (Å²) in [4.78, 5) is 0. The molecule has 0 spiro atoms. The summed E-state index contributed by atoms with van der Waals surface area (Å²) in [5, 5.41) is 16.3. The summed E-state index contributed by atoms with van der Waals surface area (Å²) in [7, 11) is 0. The van der Waals surface area contributed by atoms with Crippen LogP contribution in [-0.2, 0) is 0 Å². The topological polar surface area (TPSA) is 48.5 Å². The van der Waals surface area contributed by atoms with Crippen molar-refractivity contribution in [2.45, 2.75) is 0 Å². The molecule has 3 nitrogen and oxygen atoms in total. The molecule has 0 radical (unpaired) electrons. The highest BCUT2D eigenvalue weighted by molar-refractivity contribution is 6.21. The van der Waals surface area contributed by atoms with Gasteiger partial charge in [0.05, 0.1) is 18.0 Å². The van der Waals surface area contributed by atoms with Crippen molar-refractivity contribution in [3.8, 4) is 6.07 Å². The van der Waals surface area contributed by atoms with Crippen molar-refractivity contribution in [1.82, 2.24) is 0 Å². The van der Waals surface area contributed by atoms with E-state index in [1.54, 1.807) is 6.21 Å².